The average molecular weight is 365 g/mol. The van der Waals surface area contributed by atoms with E-state index in [1.54, 1.807) is 0 Å². The van der Waals surface area contributed by atoms with E-state index < -0.39 is 39.6 Å². The molecule has 1 fully saturated rings. The molecule has 1 amide bonds. The van der Waals surface area contributed by atoms with Crippen molar-refractivity contribution in [2.24, 2.45) is 0 Å². The normalized spacial score (nSPS) is 16.7. The van der Waals surface area contributed by atoms with Crippen LogP contribution >= 0.6 is 0 Å². The van der Waals surface area contributed by atoms with Crippen LogP contribution in [0.25, 0.3) is 0 Å². The fraction of sp³-hybridized carbons (Fsp3) is 0.308. The third kappa shape index (κ3) is 5.87. The van der Waals surface area contributed by atoms with Crippen LogP contribution in [0.15, 0.2) is 29.2 Å². The summed E-state index contributed by atoms with van der Waals surface area (Å²) >= 11 is 0. The van der Waals surface area contributed by atoms with E-state index in [0.29, 0.717) is 6.42 Å². The Morgan fingerprint density at radius 3 is 2.38 bits per heavy atom. The summed E-state index contributed by atoms with van der Waals surface area (Å²) in [5.41, 5.74) is 0. The van der Waals surface area contributed by atoms with Crippen molar-refractivity contribution in [2.45, 2.75) is 23.8 Å². The molecule has 1 heterocycles. The maximum atomic E-state index is 11.6. The molecule has 9 nitrogen and oxygen atoms in total. The van der Waals surface area contributed by atoms with Gasteiger partial charge in [0.25, 0.3) is 0 Å². The standard InChI is InChI=1S/C13H13NO8S.Na/c15-11-6-5-10(14-11)13(17)21-7-12(16)22-8-1-3-9(4-2-8)23(18,19)20;/h1-4,10H,5-7H2,(H,14,15)(H,18,19,20);/q;+1/p-1. The van der Waals surface area contributed by atoms with Gasteiger partial charge in [0.1, 0.15) is 21.9 Å². The van der Waals surface area contributed by atoms with E-state index in [4.69, 9.17) is 9.47 Å². The van der Waals surface area contributed by atoms with E-state index in [-0.39, 0.29) is 47.6 Å². The van der Waals surface area contributed by atoms with Gasteiger partial charge in [-0.2, -0.15) is 0 Å². The maximum absolute atomic E-state index is 11.6. The molecule has 0 spiro atoms. The van der Waals surface area contributed by atoms with Crippen LogP contribution in [0.3, 0.4) is 0 Å². The van der Waals surface area contributed by atoms with Crippen molar-refractivity contribution in [3.63, 3.8) is 0 Å². The molecular weight excluding hydrogens is 353 g/mol. The predicted octanol–water partition coefficient (Wildman–Crippen LogP) is -3.68. The van der Waals surface area contributed by atoms with Crippen LogP contribution in [0.1, 0.15) is 12.8 Å². The van der Waals surface area contributed by atoms with Gasteiger partial charge in [-0.25, -0.2) is 18.0 Å². The minimum absolute atomic E-state index is 0. The number of rotatable bonds is 5. The monoisotopic (exact) mass is 365 g/mol. The molecule has 0 aromatic heterocycles. The topological polar surface area (TPSA) is 139 Å². The van der Waals surface area contributed by atoms with Crippen LogP contribution in [0.5, 0.6) is 5.75 Å². The molecule has 11 heteroatoms. The summed E-state index contributed by atoms with van der Waals surface area (Å²) in [6, 6.07) is 3.47. The molecule has 1 atom stereocenters. The van der Waals surface area contributed by atoms with Gasteiger partial charge in [0.15, 0.2) is 6.61 Å². The molecule has 0 radical (unpaired) electrons. The van der Waals surface area contributed by atoms with E-state index in [1.807, 2.05) is 0 Å². The van der Waals surface area contributed by atoms with Gasteiger partial charge in [-0.05, 0) is 30.7 Å². The number of ether oxygens (including phenoxy) is 2. The predicted molar refractivity (Wildman–Crippen MR) is 72.2 cm³/mol. The SMILES string of the molecule is O=C1CCC(C(=O)OCC(=O)Oc2ccc(S(=O)(=O)[O-])cc2)N1.[Na+]. The van der Waals surface area contributed by atoms with Gasteiger partial charge in [0.05, 0.1) is 4.90 Å². The van der Waals surface area contributed by atoms with Crippen molar-refractivity contribution in [2.75, 3.05) is 6.61 Å². The number of amides is 1. The number of carbonyl (C=O) groups is 3. The maximum Gasteiger partial charge on any atom is 1.00 e. The first kappa shape index (κ1) is 20.6. The molecule has 0 saturated carbocycles. The molecule has 0 bridgehead atoms. The second-order valence-electron chi connectivity index (χ2n) is 4.67. The molecule has 1 aromatic rings. The Kier molecular flexibility index (Phi) is 7.36. The molecular formula is C13H12NNaO8S. The van der Waals surface area contributed by atoms with Crippen molar-refractivity contribution in [3.05, 3.63) is 24.3 Å². The first-order valence-electron chi connectivity index (χ1n) is 6.48. The second kappa shape index (κ2) is 8.58. The van der Waals surface area contributed by atoms with Crippen LogP contribution < -0.4 is 39.6 Å². The summed E-state index contributed by atoms with van der Waals surface area (Å²) in [6.07, 6.45) is 0.525. The van der Waals surface area contributed by atoms with E-state index in [1.165, 1.54) is 0 Å². The Morgan fingerprint density at radius 1 is 1.25 bits per heavy atom. The summed E-state index contributed by atoms with van der Waals surface area (Å²) in [5.74, 6) is -1.89. The van der Waals surface area contributed by atoms with Crippen molar-refractivity contribution in [1.29, 1.82) is 0 Å². The molecule has 24 heavy (non-hydrogen) atoms. The molecule has 1 aromatic carbocycles. The average Bonchev–Trinajstić information content (AvgIpc) is 2.91. The molecule has 1 saturated heterocycles. The van der Waals surface area contributed by atoms with Crippen molar-refractivity contribution < 1.29 is 66.4 Å². The van der Waals surface area contributed by atoms with Gasteiger partial charge in [-0.1, -0.05) is 0 Å². The number of hydrogen-bond donors (Lipinski definition) is 1. The Morgan fingerprint density at radius 2 is 1.88 bits per heavy atom. The van der Waals surface area contributed by atoms with Gasteiger partial charge in [0.2, 0.25) is 5.91 Å². The third-order valence-corrected chi connectivity index (χ3v) is 3.81. The van der Waals surface area contributed by atoms with Crippen LogP contribution in [0.4, 0.5) is 0 Å². The smallest absolute Gasteiger partial charge is 0.744 e. The van der Waals surface area contributed by atoms with E-state index in [9.17, 15) is 27.4 Å². The summed E-state index contributed by atoms with van der Waals surface area (Å²) in [4.78, 5) is 33.6. The van der Waals surface area contributed by atoms with E-state index >= 15 is 0 Å². The van der Waals surface area contributed by atoms with Crippen molar-refractivity contribution >= 4 is 28.0 Å². The minimum atomic E-state index is -4.58. The number of nitrogens with one attached hydrogen (secondary N) is 1. The van der Waals surface area contributed by atoms with Crippen molar-refractivity contribution in [3.8, 4) is 5.75 Å². The summed E-state index contributed by atoms with van der Waals surface area (Å²) in [5, 5.41) is 2.40. The Bertz CT molecular complexity index is 731. The van der Waals surface area contributed by atoms with E-state index in [2.05, 4.69) is 5.32 Å². The molecule has 1 aliphatic rings. The number of carbonyl (C=O) groups excluding carboxylic acids is 3. The molecule has 2 rings (SSSR count). The van der Waals surface area contributed by atoms with E-state index in [0.717, 1.165) is 24.3 Å². The summed E-state index contributed by atoms with van der Waals surface area (Å²) in [6.45, 7) is -0.660. The second-order valence-corrected chi connectivity index (χ2v) is 6.05. The fourth-order valence-electron chi connectivity index (χ4n) is 1.86. The van der Waals surface area contributed by atoms with Gasteiger partial charge < -0.3 is 19.3 Å². The van der Waals surface area contributed by atoms with Gasteiger partial charge in [0, 0.05) is 6.42 Å². The fourth-order valence-corrected chi connectivity index (χ4v) is 2.33. The zero-order chi connectivity index (χ0) is 17.0. The molecule has 0 aliphatic carbocycles. The first-order valence-corrected chi connectivity index (χ1v) is 7.89. The van der Waals surface area contributed by atoms with Crippen LogP contribution in [0.2, 0.25) is 0 Å². The Labute approximate surface area is 159 Å². The third-order valence-electron chi connectivity index (χ3n) is 2.96. The van der Waals surface area contributed by atoms with Crippen LogP contribution in [-0.4, -0.2) is 43.5 Å². The molecule has 1 unspecified atom stereocenters. The summed E-state index contributed by atoms with van der Waals surface area (Å²) < 4.78 is 41.8. The van der Waals surface area contributed by atoms with Crippen LogP contribution in [0, 0.1) is 0 Å². The zero-order valence-corrected chi connectivity index (χ0v) is 15.5. The van der Waals surface area contributed by atoms with Gasteiger partial charge in [-0.3, -0.25) is 4.79 Å². The Hall–Kier alpha value is -1.46. The quantitative estimate of drug-likeness (QED) is 0.244. The zero-order valence-electron chi connectivity index (χ0n) is 12.7. The largest absolute Gasteiger partial charge is 1.00 e. The van der Waals surface area contributed by atoms with Gasteiger partial charge in [-0.15, -0.1) is 0 Å². The number of hydrogen-bond acceptors (Lipinski definition) is 8. The molecule has 1 N–H and O–H groups in total. The van der Waals surface area contributed by atoms with Crippen LogP contribution in [-0.2, 0) is 29.2 Å². The number of benzene rings is 1. The number of esters is 2. The molecule has 124 valence electrons. The Balaban J connectivity index is 0.00000288. The summed E-state index contributed by atoms with van der Waals surface area (Å²) in [7, 11) is -4.58. The van der Waals surface area contributed by atoms with Crippen molar-refractivity contribution in [1.82, 2.24) is 5.32 Å². The molecule has 1 aliphatic heterocycles. The minimum Gasteiger partial charge on any atom is -0.744 e. The van der Waals surface area contributed by atoms with Gasteiger partial charge >= 0.3 is 41.5 Å². The first-order chi connectivity index (χ1) is 10.8.